The van der Waals surface area contributed by atoms with E-state index in [9.17, 15) is 18.0 Å². The lowest BCUT2D eigenvalue weighted by atomic mass is 10.1. The quantitative estimate of drug-likeness (QED) is 0.421. The predicted octanol–water partition coefficient (Wildman–Crippen LogP) is 3.72. The molecule has 1 amide bonds. The standard InChI is InChI=1S/C17H15F3N2O3/c18-17(19,20)25-14-8-5-12(6-9-14)11-21-15-4-2-1-3-13(15)7-10-16(23)22-24/h1-10,21,24H,11H2,(H,22,23). The molecule has 0 spiro atoms. The maximum atomic E-state index is 12.1. The van der Waals surface area contributed by atoms with Crippen molar-refractivity contribution in [3.05, 3.63) is 65.7 Å². The Morgan fingerprint density at radius 3 is 2.44 bits per heavy atom. The van der Waals surface area contributed by atoms with Gasteiger partial charge in [-0.2, -0.15) is 0 Å². The van der Waals surface area contributed by atoms with Crippen LogP contribution in [0.2, 0.25) is 0 Å². The average Bonchev–Trinajstić information content (AvgIpc) is 2.58. The lowest BCUT2D eigenvalue weighted by Crippen LogP contribution is -2.17. The Labute approximate surface area is 141 Å². The van der Waals surface area contributed by atoms with Gasteiger partial charge >= 0.3 is 6.36 Å². The van der Waals surface area contributed by atoms with E-state index in [2.05, 4.69) is 10.1 Å². The fourth-order valence-corrected chi connectivity index (χ4v) is 2.01. The second-order valence-electron chi connectivity index (χ2n) is 4.94. The Kier molecular flexibility index (Phi) is 6.02. The number of ether oxygens (including phenoxy) is 1. The molecule has 0 atom stereocenters. The molecule has 0 aliphatic rings. The first kappa shape index (κ1) is 18.3. The highest BCUT2D eigenvalue weighted by molar-refractivity contribution is 5.91. The zero-order chi connectivity index (χ0) is 18.3. The number of anilines is 1. The summed E-state index contributed by atoms with van der Waals surface area (Å²) in [7, 11) is 0. The Hall–Kier alpha value is -3.00. The van der Waals surface area contributed by atoms with Gasteiger partial charge in [-0.25, -0.2) is 5.48 Å². The molecular formula is C17H15F3N2O3. The highest BCUT2D eigenvalue weighted by Gasteiger charge is 2.30. The predicted molar refractivity (Wildman–Crippen MR) is 85.9 cm³/mol. The van der Waals surface area contributed by atoms with E-state index in [1.807, 2.05) is 0 Å². The molecule has 2 rings (SSSR count). The van der Waals surface area contributed by atoms with Gasteiger partial charge < -0.3 is 10.1 Å². The Morgan fingerprint density at radius 2 is 1.80 bits per heavy atom. The number of rotatable bonds is 6. The van der Waals surface area contributed by atoms with Crippen molar-refractivity contribution in [2.24, 2.45) is 0 Å². The SMILES string of the molecule is O=C(C=Cc1ccccc1NCc1ccc(OC(F)(F)F)cc1)NO. The van der Waals surface area contributed by atoms with Crippen molar-refractivity contribution in [3.63, 3.8) is 0 Å². The topological polar surface area (TPSA) is 70.6 Å². The lowest BCUT2D eigenvalue weighted by Gasteiger charge is -2.11. The fourth-order valence-electron chi connectivity index (χ4n) is 2.01. The van der Waals surface area contributed by atoms with Crippen molar-refractivity contribution < 1.29 is 27.9 Å². The van der Waals surface area contributed by atoms with Crippen LogP contribution in [0.1, 0.15) is 11.1 Å². The van der Waals surface area contributed by atoms with Gasteiger partial charge in [-0.1, -0.05) is 30.3 Å². The zero-order valence-corrected chi connectivity index (χ0v) is 12.9. The smallest absolute Gasteiger partial charge is 0.406 e. The van der Waals surface area contributed by atoms with E-state index in [-0.39, 0.29) is 5.75 Å². The summed E-state index contributed by atoms with van der Waals surface area (Å²) >= 11 is 0. The number of carbonyl (C=O) groups excluding carboxylic acids is 1. The van der Waals surface area contributed by atoms with Gasteiger partial charge in [0.15, 0.2) is 0 Å². The molecule has 2 aromatic carbocycles. The molecule has 0 heterocycles. The molecule has 3 N–H and O–H groups in total. The van der Waals surface area contributed by atoms with Gasteiger partial charge in [0.1, 0.15) is 5.75 Å². The normalized spacial score (nSPS) is 11.4. The van der Waals surface area contributed by atoms with Gasteiger partial charge in [-0.3, -0.25) is 10.0 Å². The molecule has 0 saturated carbocycles. The van der Waals surface area contributed by atoms with E-state index >= 15 is 0 Å². The third-order valence-corrected chi connectivity index (χ3v) is 3.13. The van der Waals surface area contributed by atoms with E-state index in [1.54, 1.807) is 24.3 Å². The summed E-state index contributed by atoms with van der Waals surface area (Å²) in [6, 6.07) is 12.7. The monoisotopic (exact) mass is 352 g/mol. The molecule has 132 valence electrons. The second kappa shape index (κ2) is 8.20. The van der Waals surface area contributed by atoms with E-state index in [1.165, 1.54) is 41.9 Å². The largest absolute Gasteiger partial charge is 0.573 e. The summed E-state index contributed by atoms with van der Waals surface area (Å²) in [5, 5.41) is 11.6. The minimum absolute atomic E-state index is 0.283. The maximum Gasteiger partial charge on any atom is 0.573 e. The number of carbonyl (C=O) groups is 1. The molecule has 8 heteroatoms. The van der Waals surface area contributed by atoms with Crippen molar-refractivity contribution in [1.82, 2.24) is 5.48 Å². The molecule has 0 aliphatic carbocycles. The molecule has 2 aromatic rings. The molecule has 5 nitrogen and oxygen atoms in total. The minimum Gasteiger partial charge on any atom is -0.406 e. The highest BCUT2D eigenvalue weighted by atomic mass is 19.4. The van der Waals surface area contributed by atoms with Crippen LogP contribution in [0.15, 0.2) is 54.6 Å². The summed E-state index contributed by atoms with van der Waals surface area (Å²) in [5.41, 5.74) is 3.68. The van der Waals surface area contributed by atoms with E-state index in [0.717, 1.165) is 11.3 Å². The number of nitrogens with one attached hydrogen (secondary N) is 2. The van der Waals surface area contributed by atoms with Crippen molar-refractivity contribution in [3.8, 4) is 5.75 Å². The van der Waals surface area contributed by atoms with E-state index in [0.29, 0.717) is 12.1 Å². The van der Waals surface area contributed by atoms with Crippen LogP contribution in [0, 0.1) is 0 Å². The van der Waals surface area contributed by atoms with Crippen molar-refractivity contribution in [2.45, 2.75) is 12.9 Å². The molecule has 0 aliphatic heterocycles. The Morgan fingerprint density at radius 1 is 1.12 bits per heavy atom. The summed E-state index contributed by atoms with van der Waals surface area (Å²) in [4.78, 5) is 11.0. The van der Waals surface area contributed by atoms with Gasteiger partial charge in [-0.15, -0.1) is 13.2 Å². The molecule has 0 radical (unpaired) electrons. The number of para-hydroxylation sites is 1. The second-order valence-corrected chi connectivity index (χ2v) is 4.94. The summed E-state index contributed by atoms with van der Waals surface area (Å²) in [6.07, 6.45) is -2.02. The minimum atomic E-state index is -4.72. The molecule has 0 unspecified atom stereocenters. The van der Waals surface area contributed by atoms with Crippen LogP contribution in [-0.4, -0.2) is 17.5 Å². The fraction of sp³-hybridized carbons (Fsp3) is 0.118. The van der Waals surface area contributed by atoms with Crippen molar-refractivity contribution in [1.29, 1.82) is 0 Å². The summed E-state index contributed by atoms with van der Waals surface area (Å²) in [6.45, 7) is 0.364. The summed E-state index contributed by atoms with van der Waals surface area (Å²) in [5.74, 6) is -0.940. The first-order valence-corrected chi connectivity index (χ1v) is 7.17. The van der Waals surface area contributed by atoms with E-state index in [4.69, 9.17) is 5.21 Å². The van der Waals surface area contributed by atoms with Crippen molar-refractivity contribution >= 4 is 17.7 Å². The molecule has 0 saturated heterocycles. The first-order chi connectivity index (χ1) is 11.9. The van der Waals surface area contributed by atoms with Crippen LogP contribution >= 0.6 is 0 Å². The lowest BCUT2D eigenvalue weighted by molar-refractivity contribution is -0.274. The number of hydrogen-bond donors (Lipinski definition) is 3. The van der Waals surface area contributed by atoms with Crippen LogP contribution < -0.4 is 15.5 Å². The van der Waals surface area contributed by atoms with E-state index < -0.39 is 12.3 Å². The number of amides is 1. The van der Waals surface area contributed by atoms with Crippen LogP contribution in [-0.2, 0) is 11.3 Å². The first-order valence-electron chi connectivity index (χ1n) is 7.17. The van der Waals surface area contributed by atoms with Crippen LogP contribution in [0.25, 0.3) is 6.08 Å². The highest BCUT2D eigenvalue weighted by Crippen LogP contribution is 2.23. The number of benzene rings is 2. The van der Waals surface area contributed by atoms with Crippen molar-refractivity contribution in [2.75, 3.05) is 5.32 Å². The van der Waals surface area contributed by atoms with Gasteiger partial charge in [0.05, 0.1) is 0 Å². The zero-order valence-electron chi connectivity index (χ0n) is 12.9. The Balaban J connectivity index is 2.02. The van der Waals surface area contributed by atoms with Crippen LogP contribution in [0.4, 0.5) is 18.9 Å². The molecule has 0 bridgehead atoms. The third-order valence-electron chi connectivity index (χ3n) is 3.13. The third kappa shape index (κ3) is 6.19. The van der Waals surface area contributed by atoms with Gasteiger partial charge in [-0.05, 0) is 35.4 Å². The average molecular weight is 352 g/mol. The van der Waals surface area contributed by atoms with Crippen LogP contribution in [0.5, 0.6) is 5.75 Å². The van der Waals surface area contributed by atoms with Gasteiger partial charge in [0, 0.05) is 18.3 Å². The molecule has 0 aromatic heterocycles. The van der Waals surface area contributed by atoms with Crippen LogP contribution in [0.3, 0.4) is 0 Å². The number of hydroxylamine groups is 1. The number of hydrogen-bond acceptors (Lipinski definition) is 4. The summed E-state index contributed by atoms with van der Waals surface area (Å²) < 4.78 is 40.2. The number of halogens is 3. The maximum absolute atomic E-state index is 12.1. The van der Waals surface area contributed by atoms with Gasteiger partial charge in [0.25, 0.3) is 5.91 Å². The molecule has 0 fully saturated rings. The molecule has 25 heavy (non-hydrogen) atoms. The number of alkyl halides is 3. The molecular weight excluding hydrogens is 337 g/mol. The van der Waals surface area contributed by atoms with Gasteiger partial charge in [0.2, 0.25) is 0 Å². The Bertz CT molecular complexity index is 744.